The number of rotatable bonds is 10. The van der Waals surface area contributed by atoms with Crippen LogP contribution in [0.4, 0.5) is 0 Å². The average molecular weight is 497 g/mol. The molecule has 0 saturated heterocycles. The molecule has 4 rings (SSSR count). The number of carbonyl (C=O) groups is 2. The van der Waals surface area contributed by atoms with Gasteiger partial charge in [-0.25, -0.2) is 0 Å². The maximum absolute atomic E-state index is 12.5. The van der Waals surface area contributed by atoms with Gasteiger partial charge in [-0.05, 0) is 73.4 Å². The van der Waals surface area contributed by atoms with E-state index in [2.05, 4.69) is 69.6 Å². The van der Waals surface area contributed by atoms with E-state index in [9.17, 15) is 9.59 Å². The Balaban J connectivity index is 1.67. The number of fused-ring (bicyclic) bond motifs is 1. The SMILES string of the molecule is Cc1ccc(-c2ccc3c(cnn3C(CC(C)C)c3ccc(C(=O)CCCC(=O)O)cc3)c2C)c(C)c1. The number of aromatic nitrogens is 2. The quantitative estimate of drug-likeness (QED) is 0.228. The summed E-state index contributed by atoms with van der Waals surface area (Å²) in [6.07, 6.45) is 3.50. The minimum atomic E-state index is -0.873. The van der Waals surface area contributed by atoms with Crippen LogP contribution in [-0.2, 0) is 4.79 Å². The van der Waals surface area contributed by atoms with Crippen LogP contribution in [0.3, 0.4) is 0 Å². The summed E-state index contributed by atoms with van der Waals surface area (Å²) in [6, 6.07) is 18.8. The molecule has 0 bridgehead atoms. The summed E-state index contributed by atoms with van der Waals surface area (Å²) in [4.78, 5) is 23.3. The number of carboxylic acid groups (broad SMARTS) is 1. The van der Waals surface area contributed by atoms with Crippen molar-refractivity contribution in [2.45, 2.75) is 66.3 Å². The lowest BCUT2D eigenvalue weighted by Gasteiger charge is -2.22. The lowest BCUT2D eigenvalue weighted by molar-refractivity contribution is -0.137. The summed E-state index contributed by atoms with van der Waals surface area (Å²) >= 11 is 0. The van der Waals surface area contributed by atoms with Crippen LogP contribution in [0.2, 0.25) is 0 Å². The third-order valence-corrected chi connectivity index (χ3v) is 7.12. The fourth-order valence-electron chi connectivity index (χ4n) is 5.17. The largest absolute Gasteiger partial charge is 0.481 e. The fraction of sp³-hybridized carbons (Fsp3) is 0.344. The molecular weight excluding hydrogens is 460 g/mol. The molecule has 1 aromatic heterocycles. The monoisotopic (exact) mass is 496 g/mol. The van der Waals surface area contributed by atoms with Gasteiger partial charge >= 0.3 is 5.97 Å². The molecule has 1 unspecified atom stereocenters. The van der Waals surface area contributed by atoms with Crippen molar-refractivity contribution < 1.29 is 14.7 Å². The van der Waals surface area contributed by atoms with Gasteiger partial charge in [0.2, 0.25) is 0 Å². The number of hydrogen-bond acceptors (Lipinski definition) is 3. The van der Waals surface area contributed by atoms with Gasteiger partial charge in [-0.1, -0.05) is 67.9 Å². The first-order chi connectivity index (χ1) is 17.7. The molecule has 5 heteroatoms. The predicted molar refractivity (Wildman–Crippen MR) is 149 cm³/mol. The molecule has 1 atom stereocenters. The zero-order valence-corrected chi connectivity index (χ0v) is 22.4. The number of ketones is 1. The standard InChI is InChI=1S/C32H36N2O3/c1-20(2)17-30(24-10-12-25(13-11-24)31(35)7-6-8-32(36)37)34-29-16-15-27(23(5)28(29)19-33-34)26-14-9-21(3)18-22(26)4/h9-16,18-20,30H,6-8,17H2,1-5H3,(H,36,37). The van der Waals surface area contributed by atoms with Crippen LogP contribution >= 0.6 is 0 Å². The normalized spacial score (nSPS) is 12.3. The van der Waals surface area contributed by atoms with Crippen molar-refractivity contribution in [3.05, 3.63) is 88.6 Å². The first-order valence-corrected chi connectivity index (χ1v) is 13.0. The smallest absolute Gasteiger partial charge is 0.303 e. The van der Waals surface area contributed by atoms with Crippen molar-refractivity contribution in [2.75, 3.05) is 0 Å². The van der Waals surface area contributed by atoms with Gasteiger partial charge < -0.3 is 5.11 Å². The van der Waals surface area contributed by atoms with Gasteiger partial charge in [-0.2, -0.15) is 5.10 Å². The third-order valence-electron chi connectivity index (χ3n) is 7.12. The number of benzene rings is 3. The van der Waals surface area contributed by atoms with E-state index in [1.54, 1.807) is 0 Å². The van der Waals surface area contributed by atoms with Crippen LogP contribution in [0.1, 0.15) is 78.2 Å². The molecule has 0 amide bonds. The molecule has 0 aliphatic rings. The summed E-state index contributed by atoms with van der Waals surface area (Å²) in [7, 11) is 0. The molecule has 4 aromatic rings. The number of carbonyl (C=O) groups excluding carboxylic acids is 1. The molecule has 0 aliphatic carbocycles. The lowest BCUT2D eigenvalue weighted by atomic mass is 9.93. The Morgan fingerprint density at radius 3 is 2.27 bits per heavy atom. The van der Waals surface area contributed by atoms with Crippen LogP contribution in [-0.4, -0.2) is 26.6 Å². The second kappa shape index (κ2) is 11.1. The minimum absolute atomic E-state index is 0.0112. The zero-order valence-electron chi connectivity index (χ0n) is 22.4. The van der Waals surface area contributed by atoms with E-state index in [0.29, 0.717) is 17.9 Å². The highest BCUT2D eigenvalue weighted by Gasteiger charge is 2.21. The third kappa shape index (κ3) is 5.82. The molecule has 0 aliphatic heterocycles. The lowest BCUT2D eigenvalue weighted by Crippen LogP contribution is -2.15. The second-order valence-corrected chi connectivity index (χ2v) is 10.5. The number of aryl methyl sites for hydroxylation is 3. The van der Waals surface area contributed by atoms with E-state index in [1.807, 2.05) is 30.5 Å². The van der Waals surface area contributed by atoms with Gasteiger partial charge in [0.15, 0.2) is 5.78 Å². The first-order valence-electron chi connectivity index (χ1n) is 13.0. The van der Waals surface area contributed by atoms with Gasteiger partial charge in [0.05, 0.1) is 17.8 Å². The van der Waals surface area contributed by atoms with Gasteiger partial charge in [0.1, 0.15) is 0 Å². The Kier molecular flexibility index (Phi) is 7.91. The van der Waals surface area contributed by atoms with Crippen LogP contribution in [0.15, 0.2) is 60.8 Å². The van der Waals surface area contributed by atoms with E-state index in [4.69, 9.17) is 10.2 Å². The maximum atomic E-state index is 12.5. The Morgan fingerprint density at radius 1 is 0.919 bits per heavy atom. The predicted octanol–water partition coefficient (Wildman–Crippen LogP) is 7.70. The number of Topliss-reactive ketones (excluding diaryl/α,β-unsaturated/α-hetero) is 1. The van der Waals surface area contributed by atoms with Crippen molar-refractivity contribution in [1.29, 1.82) is 0 Å². The Labute approximate surface area is 219 Å². The fourth-order valence-corrected chi connectivity index (χ4v) is 5.17. The topological polar surface area (TPSA) is 72.2 Å². The van der Waals surface area contributed by atoms with Crippen LogP contribution in [0.5, 0.6) is 0 Å². The van der Waals surface area contributed by atoms with Gasteiger partial charge in [-0.3, -0.25) is 14.3 Å². The molecule has 192 valence electrons. The van der Waals surface area contributed by atoms with Crippen molar-refractivity contribution in [1.82, 2.24) is 9.78 Å². The Hall–Kier alpha value is -3.73. The highest BCUT2D eigenvalue weighted by atomic mass is 16.4. The molecule has 1 heterocycles. The summed E-state index contributed by atoms with van der Waals surface area (Å²) in [5.41, 5.74) is 9.07. The summed E-state index contributed by atoms with van der Waals surface area (Å²) in [6.45, 7) is 10.9. The van der Waals surface area contributed by atoms with Gasteiger partial charge in [-0.15, -0.1) is 0 Å². The van der Waals surface area contributed by atoms with E-state index in [0.717, 1.165) is 22.9 Å². The zero-order chi connectivity index (χ0) is 26.7. The number of aliphatic carboxylic acids is 1. The summed E-state index contributed by atoms with van der Waals surface area (Å²) < 4.78 is 2.12. The number of nitrogens with zero attached hydrogens (tertiary/aromatic N) is 2. The molecule has 5 nitrogen and oxygen atoms in total. The van der Waals surface area contributed by atoms with E-state index in [1.165, 1.54) is 27.8 Å². The van der Waals surface area contributed by atoms with Crippen LogP contribution in [0.25, 0.3) is 22.0 Å². The molecule has 3 aromatic carbocycles. The van der Waals surface area contributed by atoms with Crippen LogP contribution in [0, 0.1) is 26.7 Å². The van der Waals surface area contributed by atoms with Gasteiger partial charge in [0, 0.05) is 23.8 Å². The minimum Gasteiger partial charge on any atom is -0.481 e. The molecule has 37 heavy (non-hydrogen) atoms. The Morgan fingerprint density at radius 2 is 1.62 bits per heavy atom. The van der Waals surface area contributed by atoms with E-state index in [-0.39, 0.29) is 24.7 Å². The van der Waals surface area contributed by atoms with E-state index >= 15 is 0 Å². The number of hydrogen-bond donors (Lipinski definition) is 1. The molecule has 1 N–H and O–H groups in total. The Bertz CT molecular complexity index is 1430. The highest BCUT2D eigenvalue weighted by Crippen LogP contribution is 2.35. The maximum Gasteiger partial charge on any atom is 0.303 e. The molecule has 0 saturated carbocycles. The average Bonchev–Trinajstić information content (AvgIpc) is 3.28. The van der Waals surface area contributed by atoms with Crippen LogP contribution < -0.4 is 0 Å². The van der Waals surface area contributed by atoms with E-state index < -0.39 is 5.97 Å². The van der Waals surface area contributed by atoms with Gasteiger partial charge in [0.25, 0.3) is 0 Å². The summed E-state index contributed by atoms with van der Waals surface area (Å²) in [5, 5.41) is 14.8. The molecule has 0 spiro atoms. The molecule has 0 fully saturated rings. The second-order valence-electron chi connectivity index (χ2n) is 10.5. The highest BCUT2D eigenvalue weighted by molar-refractivity contribution is 5.96. The number of carboxylic acids is 1. The molecule has 0 radical (unpaired) electrons. The molecular formula is C32H36N2O3. The van der Waals surface area contributed by atoms with Crippen molar-refractivity contribution >= 4 is 22.7 Å². The van der Waals surface area contributed by atoms with Crippen molar-refractivity contribution in [2.24, 2.45) is 5.92 Å². The van der Waals surface area contributed by atoms with Crippen molar-refractivity contribution in [3.63, 3.8) is 0 Å². The summed E-state index contributed by atoms with van der Waals surface area (Å²) in [5.74, 6) is -0.438. The van der Waals surface area contributed by atoms with Crippen molar-refractivity contribution in [3.8, 4) is 11.1 Å². The first kappa shape index (κ1) is 26.3.